The summed E-state index contributed by atoms with van der Waals surface area (Å²) < 4.78 is 5.35. The molecule has 1 heterocycles. The number of amides is 1. The third-order valence-electron chi connectivity index (χ3n) is 4.13. The molecule has 0 aliphatic heterocycles. The van der Waals surface area contributed by atoms with E-state index in [0.717, 1.165) is 12.8 Å². The number of carbonyl (C=O) groups is 2. The number of hydrogen-bond donors (Lipinski definition) is 1. The van der Waals surface area contributed by atoms with Crippen LogP contribution in [0.25, 0.3) is 0 Å². The van der Waals surface area contributed by atoms with E-state index in [2.05, 4.69) is 11.4 Å². The van der Waals surface area contributed by atoms with E-state index >= 15 is 0 Å². The first-order valence-electron chi connectivity index (χ1n) is 7.71. The number of nitrogens with one attached hydrogen (secondary N) is 1. The van der Waals surface area contributed by atoms with Crippen LogP contribution < -0.4 is 10.1 Å². The summed E-state index contributed by atoms with van der Waals surface area (Å²) in [5.74, 6) is -0.294. The number of rotatable bonds is 4. The molecule has 5 nitrogen and oxygen atoms in total. The molecular weight excluding hydrogens is 324 g/mol. The minimum absolute atomic E-state index is 0.177. The maximum absolute atomic E-state index is 12.3. The predicted molar refractivity (Wildman–Crippen MR) is 90.9 cm³/mol. The Morgan fingerprint density at radius 1 is 1.17 bits per heavy atom. The van der Waals surface area contributed by atoms with Crippen LogP contribution in [0.2, 0.25) is 0 Å². The van der Waals surface area contributed by atoms with Gasteiger partial charge in [0.25, 0.3) is 5.91 Å². The molecule has 0 spiro atoms. The molecule has 0 bridgehead atoms. The lowest BCUT2D eigenvalue weighted by atomic mass is 9.88. The Morgan fingerprint density at radius 3 is 2.46 bits per heavy atom. The molecule has 2 aromatic rings. The number of thiophene rings is 1. The Morgan fingerprint density at radius 2 is 1.88 bits per heavy atom. The fourth-order valence-corrected chi connectivity index (χ4v) is 3.37. The van der Waals surface area contributed by atoms with Gasteiger partial charge in [0.15, 0.2) is 5.41 Å². The molecule has 0 unspecified atom stereocenters. The van der Waals surface area contributed by atoms with Crippen molar-refractivity contribution in [2.45, 2.75) is 25.7 Å². The summed E-state index contributed by atoms with van der Waals surface area (Å²) in [6, 6.07) is 12.2. The van der Waals surface area contributed by atoms with Gasteiger partial charge in [0, 0.05) is 5.69 Å². The highest BCUT2D eigenvalue weighted by Gasteiger charge is 2.43. The smallest absolute Gasteiger partial charge is 0.331 e. The topological polar surface area (TPSA) is 79.2 Å². The molecule has 3 rings (SSSR count). The zero-order chi connectivity index (χ0) is 17.0. The Labute approximate surface area is 143 Å². The van der Waals surface area contributed by atoms with Crippen LogP contribution in [-0.2, 0) is 4.79 Å². The van der Waals surface area contributed by atoms with Gasteiger partial charge in [-0.1, -0.05) is 18.9 Å². The molecule has 1 saturated carbocycles. The van der Waals surface area contributed by atoms with Gasteiger partial charge >= 0.3 is 5.97 Å². The van der Waals surface area contributed by atoms with Crippen molar-refractivity contribution in [1.82, 2.24) is 0 Å². The fraction of sp³-hybridized carbons (Fsp3) is 0.278. The Bertz CT molecular complexity index is 770. The lowest BCUT2D eigenvalue weighted by Crippen LogP contribution is -2.30. The van der Waals surface area contributed by atoms with Crippen molar-refractivity contribution in [2.24, 2.45) is 5.41 Å². The van der Waals surface area contributed by atoms with E-state index < -0.39 is 11.4 Å². The Kier molecular flexibility index (Phi) is 4.63. The highest BCUT2D eigenvalue weighted by molar-refractivity contribution is 7.12. The number of benzene rings is 1. The van der Waals surface area contributed by atoms with Crippen LogP contribution in [-0.4, -0.2) is 11.9 Å². The van der Waals surface area contributed by atoms with Gasteiger partial charge in [0.2, 0.25) is 0 Å². The van der Waals surface area contributed by atoms with Gasteiger partial charge in [-0.2, -0.15) is 5.26 Å². The molecule has 0 radical (unpaired) electrons. The molecule has 1 fully saturated rings. The summed E-state index contributed by atoms with van der Waals surface area (Å²) in [6.45, 7) is 0. The van der Waals surface area contributed by atoms with Crippen LogP contribution >= 0.6 is 11.3 Å². The maximum Gasteiger partial charge on any atom is 0.331 e. The van der Waals surface area contributed by atoms with Crippen LogP contribution in [0.5, 0.6) is 5.75 Å². The average molecular weight is 340 g/mol. The standard InChI is InChI=1S/C18H16N2O3S/c19-12-18(9-1-2-10-18)17(22)23-14-7-5-13(6-8-14)20-16(21)15-4-3-11-24-15/h3-8,11H,1-2,9-10H2,(H,20,21). The number of nitriles is 1. The second-order valence-corrected chi connectivity index (χ2v) is 6.69. The van der Waals surface area contributed by atoms with Crippen molar-refractivity contribution in [2.75, 3.05) is 5.32 Å². The first-order chi connectivity index (χ1) is 11.6. The molecular formula is C18H16N2O3S. The van der Waals surface area contributed by atoms with Gasteiger partial charge in [-0.15, -0.1) is 11.3 Å². The van der Waals surface area contributed by atoms with E-state index in [0.29, 0.717) is 29.2 Å². The summed E-state index contributed by atoms with van der Waals surface area (Å²) in [7, 11) is 0. The van der Waals surface area contributed by atoms with E-state index in [1.165, 1.54) is 11.3 Å². The van der Waals surface area contributed by atoms with Gasteiger partial charge in [-0.3, -0.25) is 4.79 Å². The largest absolute Gasteiger partial charge is 0.425 e. The number of nitrogens with zero attached hydrogens (tertiary/aromatic N) is 1. The first-order valence-corrected chi connectivity index (χ1v) is 8.59. The van der Waals surface area contributed by atoms with E-state index in [4.69, 9.17) is 4.74 Å². The second-order valence-electron chi connectivity index (χ2n) is 5.75. The third kappa shape index (κ3) is 3.31. The molecule has 24 heavy (non-hydrogen) atoms. The quantitative estimate of drug-likeness (QED) is 0.674. The molecule has 0 atom stereocenters. The van der Waals surface area contributed by atoms with Gasteiger partial charge in [0.1, 0.15) is 5.75 Å². The SMILES string of the molecule is N#CC1(C(=O)Oc2ccc(NC(=O)c3cccs3)cc2)CCCC1. The highest BCUT2D eigenvalue weighted by Crippen LogP contribution is 2.38. The Hall–Kier alpha value is -2.65. The molecule has 1 amide bonds. The summed E-state index contributed by atoms with van der Waals surface area (Å²) in [6.07, 6.45) is 2.85. The van der Waals surface area contributed by atoms with Gasteiger partial charge < -0.3 is 10.1 Å². The van der Waals surface area contributed by atoms with Crippen LogP contribution in [0.3, 0.4) is 0 Å². The summed E-state index contributed by atoms with van der Waals surface area (Å²) in [4.78, 5) is 24.9. The fourth-order valence-electron chi connectivity index (χ4n) is 2.75. The highest BCUT2D eigenvalue weighted by atomic mass is 32.1. The monoisotopic (exact) mass is 340 g/mol. The van der Waals surface area contributed by atoms with Crippen molar-refractivity contribution in [3.05, 3.63) is 46.7 Å². The third-order valence-corrected chi connectivity index (χ3v) is 5.00. The van der Waals surface area contributed by atoms with E-state index in [-0.39, 0.29) is 5.91 Å². The molecule has 1 aromatic heterocycles. The number of ether oxygens (including phenoxy) is 1. The molecule has 1 aliphatic carbocycles. The number of hydrogen-bond acceptors (Lipinski definition) is 5. The first kappa shape index (κ1) is 16.2. The molecule has 122 valence electrons. The molecule has 1 aliphatic rings. The number of carbonyl (C=O) groups excluding carboxylic acids is 2. The van der Waals surface area contributed by atoms with Crippen molar-refractivity contribution in [3.8, 4) is 11.8 Å². The minimum Gasteiger partial charge on any atom is -0.425 e. The Balaban J connectivity index is 1.63. The summed E-state index contributed by atoms with van der Waals surface area (Å²) in [5, 5.41) is 13.9. The zero-order valence-electron chi connectivity index (χ0n) is 13.0. The maximum atomic E-state index is 12.3. The summed E-state index contributed by atoms with van der Waals surface area (Å²) in [5.41, 5.74) is -0.393. The number of anilines is 1. The molecule has 6 heteroatoms. The number of esters is 1. The van der Waals surface area contributed by atoms with Crippen molar-refractivity contribution in [1.29, 1.82) is 5.26 Å². The van der Waals surface area contributed by atoms with Gasteiger partial charge in [-0.25, -0.2) is 4.79 Å². The molecule has 1 N–H and O–H groups in total. The van der Waals surface area contributed by atoms with E-state index in [1.807, 2.05) is 11.4 Å². The zero-order valence-corrected chi connectivity index (χ0v) is 13.8. The second kappa shape index (κ2) is 6.85. The van der Waals surface area contributed by atoms with Crippen LogP contribution in [0.15, 0.2) is 41.8 Å². The van der Waals surface area contributed by atoms with Gasteiger partial charge in [0.05, 0.1) is 10.9 Å². The van der Waals surface area contributed by atoms with Crippen molar-refractivity contribution in [3.63, 3.8) is 0 Å². The molecule has 0 saturated heterocycles. The van der Waals surface area contributed by atoms with E-state index in [1.54, 1.807) is 30.3 Å². The summed E-state index contributed by atoms with van der Waals surface area (Å²) >= 11 is 1.37. The van der Waals surface area contributed by atoms with Crippen LogP contribution in [0, 0.1) is 16.7 Å². The van der Waals surface area contributed by atoms with Crippen LogP contribution in [0.1, 0.15) is 35.4 Å². The lowest BCUT2D eigenvalue weighted by Gasteiger charge is -2.17. The minimum atomic E-state index is -1.01. The van der Waals surface area contributed by atoms with Crippen molar-refractivity contribution >= 4 is 28.9 Å². The predicted octanol–water partition coefficient (Wildman–Crippen LogP) is 3.99. The normalized spacial score (nSPS) is 15.5. The van der Waals surface area contributed by atoms with Crippen molar-refractivity contribution < 1.29 is 14.3 Å². The van der Waals surface area contributed by atoms with Crippen LogP contribution in [0.4, 0.5) is 5.69 Å². The molecule has 1 aromatic carbocycles. The van der Waals surface area contributed by atoms with E-state index in [9.17, 15) is 14.9 Å². The average Bonchev–Trinajstić information content (AvgIpc) is 3.29. The lowest BCUT2D eigenvalue weighted by molar-refractivity contribution is -0.142. The van der Waals surface area contributed by atoms with Gasteiger partial charge in [-0.05, 0) is 48.6 Å².